The summed E-state index contributed by atoms with van der Waals surface area (Å²) in [4.78, 5) is 12.6. The Morgan fingerprint density at radius 3 is 3.00 bits per heavy atom. The molecule has 19 heavy (non-hydrogen) atoms. The topological polar surface area (TPSA) is 52.9 Å². The van der Waals surface area contributed by atoms with Crippen LogP contribution in [0.5, 0.6) is 0 Å². The number of nitrogens with zero attached hydrogens (tertiary/aromatic N) is 1. The predicted molar refractivity (Wildman–Crippen MR) is 73.6 cm³/mol. The summed E-state index contributed by atoms with van der Waals surface area (Å²) < 4.78 is 13.8. The summed E-state index contributed by atoms with van der Waals surface area (Å²) in [6.07, 6.45) is 1.00. The number of thiophene rings is 1. The third-order valence-corrected chi connectivity index (χ3v) is 3.97. The predicted octanol–water partition coefficient (Wildman–Crippen LogP) is 3.46. The van der Waals surface area contributed by atoms with Crippen LogP contribution < -0.4 is 5.32 Å². The molecular weight excluding hydrogens is 263 g/mol. The van der Waals surface area contributed by atoms with Crippen LogP contribution in [0, 0.1) is 17.1 Å². The highest BCUT2D eigenvalue weighted by molar-refractivity contribution is 7.20. The van der Waals surface area contributed by atoms with Gasteiger partial charge in [-0.15, -0.1) is 11.3 Å². The van der Waals surface area contributed by atoms with Crippen molar-refractivity contribution in [1.29, 1.82) is 5.26 Å². The first-order chi connectivity index (χ1) is 9.13. The summed E-state index contributed by atoms with van der Waals surface area (Å²) in [6, 6.07) is 8.11. The first kappa shape index (κ1) is 13.5. The number of carbonyl (C=O) groups excluding carboxylic acids is 1. The molecule has 0 fully saturated rings. The molecule has 0 spiro atoms. The SMILES string of the molecule is CCC(CC#N)NC(=O)c1cc2ccc(F)cc2s1. The second-order valence-corrected chi connectivity index (χ2v) is 5.32. The van der Waals surface area contributed by atoms with Crippen LogP contribution in [0.1, 0.15) is 29.4 Å². The van der Waals surface area contributed by atoms with Gasteiger partial charge in [0.2, 0.25) is 0 Å². The van der Waals surface area contributed by atoms with Crippen molar-refractivity contribution in [3.8, 4) is 6.07 Å². The van der Waals surface area contributed by atoms with E-state index in [1.165, 1.54) is 23.5 Å². The monoisotopic (exact) mass is 276 g/mol. The summed E-state index contributed by atoms with van der Waals surface area (Å²) in [5.41, 5.74) is 0. The molecule has 1 unspecified atom stereocenters. The van der Waals surface area contributed by atoms with Gasteiger partial charge in [-0.1, -0.05) is 13.0 Å². The highest BCUT2D eigenvalue weighted by atomic mass is 32.1. The summed E-state index contributed by atoms with van der Waals surface area (Å²) in [5, 5.41) is 12.3. The van der Waals surface area contributed by atoms with E-state index in [0.29, 0.717) is 17.7 Å². The van der Waals surface area contributed by atoms with E-state index in [1.54, 1.807) is 12.1 Å². The molecule has 3 nitrogen and oxygen atoms in total. The average Bonchev–Trinajstić information content (AvgIpc) is 2.81. The lowest BCUT2D eigenvalue weighted by atomic mass is 10.1. The minimum Gasteiger partial charge on any atom is -0.348 e. The molecule has 1 N–H and O–H groups in total. The molecule has 1 amide bonds. The van der Waals surface area contributed by atoms with Crippen molar-refractivity contribution >= 4 is 27.3 Å². The van der Waals surface area contributed by atoms with Crippen LogP contribution in [0.3, 0.4) is 0 Å². The number of amides is 1. The van der Waals surface area contributed by atoms with Gasteiger partial charge >= 0.3 is 0 Å². The second kappa shape index (κ2) is 5.81. The third kappa shape index (κ3) is 3.09. The van der Waals surface area contributed by atoms with Gasteiger partial charge in [0.1, 0.15) is 5.82 Å². The zero-order valence-corrected chi connectivity index (χ0v) is 11.3. The summed E-state index contributed by atoms with van der Waals surface area (Å²) in [6.45, 7) is 1.92. The fourth-order valence-corrected chi connectivity index (χ4v) is 2.77. The Bertz CT molecular complexity index is 644. The van der Waals surface area contributed by atoms with E-state index < -0.39 is 0 Å². The maximum atomic E-state index is 13.1. The summed E-state index contributed by atoms with van der Waals surface area (Å²) >= 11 is 1.26. The van der Waals surface area contributed by atoms with Crippen LogP contribution in [0.25, 0.3) is 10.1 Å². The maximum Gasteiger partial charge on any atom is 0.261 e. The van der Waals surface area contributed by atoms with Gasteiger partial charge in [0, 0.05) is 10.7 Å². The second-order valence-electron chi connectivity index (χ2n) is 4.23. The van der Waals surface area contributed by atoms with E-state index in [1.807, 2.05) is 13.0 Å². The molecular formula is C14H13FN2OS. The molecule has 98 valence electrons. The molecule has 0 aliphatic carbocycles. The molecule has 0 aliphatic heterocycles. The Kier molecular flexibility index (Phi) is 4.13. The number of carbonyl (C=O) groups is 1. The highest BCUT2D eigenvalue weighted by Crippen LogP contribution is 2.26. The van der Waals surface area contributed by atoms with Crippen LogP contribution in [-0.2, 0) is 0 Å². The zero-order valence-electron chi connectivity index (χ0n) is 10.4. The normalized spacial score (nSPS) is 12.1. The van der Waals surface area contributed by atoms with Crippen LogP contribution in [0.15, 0.2) is 24.3 Å². The number of nitriles is 1. The molecule has 5 heteroatoms. The Labute approximate surface area is 114 Å². The number of halogens is 1. The van der Waals surface area contributed by atoms with E-state index in [2.05, 4.69) is 5.32 Å². The zero-order chi connectivity index (χ0) is 13.8. The Hall–Kier alpha value is -1.93. The molecule has 0 bridgehead atoms. The number of nitrogens with one attached hydrogen (secondary N) is 1. The van der Waals surface area contributed by atoms with Crippen molar-refractivity contribution < 1.29 is 9.18 Å². The third-order valence-electron chi connectivity index (χ3n) is 2.87. The number of hydrogen-bond acceptors (Lipinski definition) is 3. The number of fused-ring (bicyclic) bond motifs is 1. The van der Waals surface area contributed by atoms with Gasteiger partial charge in [-0.05, 0) is 30.0 Å². The van der Waals surface area contributed by atoms with Crippen LogP contribution in [-0.4, -0.2) is 11.9 Å². The van der Waals surface area contributed by atoms with Gasteiger partial charge in [-0.3, -0.25) is 4.79 Å². The van der Waals surface area contributed by atoms with E-state index in [0.717, 1.165) is 10.1 Å². The lowest BCUT2D eigenvalue weighted by molar-refractivity contribution is 0.0941. The molecule has 0 saturated heterocycles. The maximum absolute atomic E-state index is 13.1. The first-order valence-electron chi connectivity index (χ1n) is 6.01. The van der Waals surface area contributed by atoms with E-state index >= 15 is 0 Å². The van der Waals surface area contributed by atoms with Crippen molar-refractivity contribution in [2.45, 2.75) is 25.8 Å². The van der Waals surface area contributed by atoms with Gasteiger partial charge in [-0.25, -0.2) is 4.39 Å². The van der Waals surface area contributed by atoms with Crippen LogP contribution in [0.4, 0.5) is 4.39 Å². The molecule has 0 radical (unpaired) electrons. The van der Waals surface area contributed by atoms with E-state index in [4.69, 9.17) is 5.26 Å². The fraction of sp³-hybridized carbons (Fsp3) is 0.286. The van der Waals surface area contributed by atoms with E-state index in [9.17, 15) is 9.18 Å². The van der Waals surface area contributed by atoms with Gasteiger partial charge in [-0.2, -0.15) is 5.26 Å². The number of hydrogen-bond donors (Lipinski definition) is 1. The first-order valence-corrected chi connectivity index (χ1v) is 6.82. The largest absolute Gasteiger partial charge is 0.348 e. The molecule has 2 aromatic rings. The van der Waals surface area contributed by atoms with Crippen molar-refractivity contribution in [2.75, 3.05) is 0 Å². The van der Waals surface area contributed by atoms with Crippen LogP contribution >= 0.6 is 11.3 Å². The van der Waals surface area contributed by atoms with Gasteiger partial charge in [0.15, 0.2) is 0 Å². The number of rotatable bonds is 4. The molecule has 1 aromatic carbocycles. The molecule has 1 aromatic heterocycles. The molecule has 0 saturated carbocycles. The molecule has 1 heterocycles. The van der Waals surface area contributed by atoms with Gasteiger partial charge in [0.25, 0.3) is 5.91 Å². The smallest absolute Gasteiger partial charge is 0.261 e. The van der Waals surface area contributed by atoms with E-state index in [-0.39, 0.29) is 17.8 Å². The lowest BCUT2D eigenvalue weighted by Crippen LogP contribution is -2.33. The Balaban J connectivity index is 2.19. The van der Waals surface area contributed by atoms with Crippen molar-refractivity contribution in [3.05, 3.63) is 35.0 Å². The van der Waals surface area contributed by atoms with Gasteiger partial charge in [0.05, 0.1) is 17.4 Å². The minimum absolute atomic E-state index is 0.139. The fourth-order valence-electron chi connectivity index (χ4n) is 1.78. The Morgan fingerprint density at radius 2 is 2.32 bits per heavy atom. The van der Waals surface area contributed by atoms with Crippen LogP contribution in [0.2, 0.25) is 0 Å². The molecule has 1 atom stereocenters. The standard InChI is InChI=1S/C14H13FN2OS/c1-2-11(5-6-16)17-14(18)13-7-9-3-4-10(15)8-12(9)19-13/h3-4,7-8,11H,2,5H2,1H3,(H,17,18). The van der Waals surface area contributed by atoms with Crippen molar-refractivity contribution in [2.24, 2.45) is 0 Å². The summed E-state index contributed by atoms with van der Waals surface area (Å²) in [5.74, 6) is -0.513. The average molecular weight is 276 g/mol. The molecule has 0 aliphatic rings. The van der Waals surface area contributed by atoms with Crippen molar-refractivity contribution in [1.82, 2.24) is 5.32 Å². The number of benzene rings is 1. The lowest BCUT2D eigenvalue weighted by Gasteiger charge is -2.12. The van der Waals surface area contributed by atoms with Crippen molar-refractivity contribution in [3.63, 3.8) is 0 Å². The van der Waals surface area contributed by atoms with Gasteiger partial charge < -0.3 is 5.32 Å². The minimum atomic E-state index is -0.308. The summed E-state index contributed by atoms with van der Waals surface area (Å²) in [7, 11) is 0. The molecule has 2 rings (SSSR count). The highest BCUT2D eigenvalue weighted by Gasteiger charge is 2.14. The quantitative estimate of drug-likeness (QED) is 0.929. The Morgan fingerprint density at radius 1 is 1.53 bits per heavy atom.